The Morgan fingerprint density at radius 1 is 1.07 bits per heavy atom. The Morgan fingerprint density at radius 2 is 1.66 bits per heavy atom. The number of amidine groups is 1. The molecule has 0 aromatic heterocycles. The fourth-order valence-electron chi connectivity index (χ4n) is 2.85. The Kier molecular flexibility index (Phi) is 9.08. The van der Waals surface area contributed by atoms with Gasteiger partial charge < -0.3 is 9.80 Å². The van der Waals surface area contributed by atoms with Gasteiger partial charge in [-0.05, 0) is 43.5 Å². The van der Waals surface area contributed by atoms with Crippen LogP contribution in [-0.4, -0.2) is 42.3 Å². The van der Waals surface area contributed by atoms with Crippen LogP contribution in [0.3, 0.4) is 0 Å². The number of carbonyl (C=O) groups is 1. The van der Waals surface area contributed by atoms with Crippen LogP contribution in [0.1, 0.15) is 44.4 Å². The van der Waals surface area contributed by atoms with Crippen LogP contribution in [0.2, 0.25) is 0 Å². The highest BCUT2D eigenvalue weighted by Gasteiger charge is 2.16. The molecule has 0 bridgehead atoms. The van der Waals surface area contributed by atoms with Crippen LogP contribution < -0.4 is 0 Å². The first kappa shape index (κ1) is 23.9. The minimum atomic E-state index is -0.00934. The van der Waals surface area contributed by atoms with Crippen molar-refractivity contribution in [2.75, 3.05) is 20.8 Å². The molecular formula is C24H32N4O. The number of carbonyl (C=O) groups excluding carboxylic acids is 1. The van der Waals surface area contributed by atoms with E-state index in [2.05, 4.69) is 6.07 Å². The summed E-state index contributed by atoms with van der Waals surface area (Å²) in [5.74, 6) is 0.728. The molecule has 5 nitrogen and oxygen atoms in total. The molecule has 5 heteroatoms. The summed E-state index contributed by atoms with van der Waals surface area (Å²) in [4.78, 5) is 19.7. The van der Waals surface area contributed by atoms with E-state index in [1.807, 2.05) is 83.0 Å². The summed E-state index contributed by atoms with van der Waals surface area (Å²) < 4.78 is 0. The first-order chi connectivity index (χ1) is 13.8. The van der Waals surface area contributed by atoms with Crippen molar-refractivity contribution in [3.63, 3.8) is 0 Å². The Bertz CT molecular complexity index is 911. The smallest absolute Gasteiger partial charge is 0.220 e. The molecule has 2 aromatic rings. The zero-order valence-electron chi connectivity index (χ0n) is 18.9. The third kappa shape index (κ3) is 5.92. The zero-order valence-corrected chi connectivity index (χ0v) is 18.9. The highest BCUT2D eigenvalue weighted by atomic mass is 16.2. The number of rotatable bonds is 4. The predicted molar refractivity (Wildman–Crippen MR) is 121 cm³/mol. The second kappa shape index (κ2) is 11.0. The number of nitriles is 1. The summed E-state index contributed by atoms with van der Waals surface area (Å²) in [6, 6.07) is 14.2. The van der Waals surface area contributed by atoms with Gasteiger partial charge in [-0.15, -0.1) is 0 Å². The number of amides is 1. The van der Waals surface area contributed by atoms with Gasteiger partial charge in [0.15, 0.2) is 0 Å². The van der Waals surface area contributed by atoms with Crippen molar-refractivity contribution in [1.29, 1.82) is 5.26 Å². The van der Waals surface area contributed by atoms with Crippen LogP contribution in [0, 0.1) is 25.2 Å². The van der Waals surface area contributed by atoms with Crippen molar-refractivity contribution in [3.8, 4) is 17.2 Å². The van der Waals surface area contributed by atoms with E-state index in [1.54, 1.807) is 11.9 Å². The third-order valence-electron chi connectivity index (χ3n) is 4.80. The molecule has 0 aliphatic carbocycles. The van der Waals surface area contributed by atoms with Gasteiger partial charge in [0.25, 0.3) is 0 Å². The monoisotopic (exact) mass is 392 g/mol. The van der Waals surface area contributed by atoms with Crippen molar-refractivity contribution in [2.45, 2.75) is 41.5 Å². The Balaban J connectivity index is 0.00000204. The largest absolute Gasteiger partial charge is 0.346 e. The van der Waals surface area contributed by atoms with Gasteiger partial charge in [0.05, 0.1) is 17.9 Å². The molecule has 0 unspecified atom stereocenters. The Morgan fingerprint density at radius 3 is 2.17 bits per heavy atom. The van der Waals surface area contributed by atoms with Crippen LogP contribution >= 0.6 is 0 Å². The molecule has 2 aromatic carbocycles. The van der Waals surface area contributed by atoms with Crippen molar-refractivity contribution in [2.24, 2.45) is 4.99 Å². The lowest BCUT2D eigenvalue weighted by Gasteiger charge is -2.25. The summed E-state index contributed by atoms with van der Waals surface area (Å²) in [7, 11) is 3.62. The summed E-state index contributed by atoms with van der Waals surface area (Å²) in [5, 5.41) is 9.86. The van der Waals surface area contributed by atoms with Crippen LogP contribution in [0.15, 0.2) is 41.4 Å². The lowest BCUT2D eigenvalue weighted by molar-refractivity contribution is -0.128. The van der Waals surface area contributed by atoms with Crippen LogP contribution in [0.25, 0.3) is 11.1 Å². The second-order valence-corrected chi connectivity index (χ2v) is 6.78. The van der Waals surface area contributed by atoms with Gasteiger partial charge in [-0.25, -0.2) is 4.99 Å². The van der Waals surface area contributed by atoms with Gasteiger partial charge in [-0.1, -0.05) is 44.2 Å². The number of aryl methyl sites for hydroxylation is 1. The number of benzene rings is 2. The summed E-state index contributed by atoms with van der Waals surface area (Å²) >= 11 is 0. The van der Waals surface area contributed by atoms with E-state index < -0.39 is 0 Å². The van der Waals surface area contributed by atoms with Crippen LogP contribution in [-0.2, 0) is 4.79 Å². The van der Waals surface area contributed by atoms with E-state index in [0.29, 0.717) is 17.9 Å². The van der Waals surface area contributed by atoms with Crippen LogP contribution in [0.5, 0.6) is 0 Å². The fourth-order valence-corrected chi connectivity index (χ4v) is 2.85. The minimum absolute atomic E-state index is 0.00934. The van der Waals surface area contributed by atoms with Crippen molar-refractivity contribution in [1.82, 2.24) is 9.80 Å². The van der Waals surface area contributed by atoms with Crippen molar-refractivity contribution < 1.29 is 4.79 Å². The molecule has 0 N–H and O–H groups in total. The summed E-state index contributed by atoms with van der Waals surface area (Å²) in [6.45, 7) is 11.9. The topological polar surface area (TPSA) is 59.7 Å². The van der Waals surface area contributed by atoms with Gasteiger partial charge >= 0.3 is 0 Å². The molecule has 154 valence electrons. The van der Waals surface area contributed by atoms with Gasteiger partial charge in [-0.2, -0.15) is 5.26 Å². The lowest BCUT2D eigenvalue weighted by atomic mass is 9.91. The molecule has 29 heavy (non-hydrogen) atoms. The molecule has 0 fully saturated rings. The maximum atomic E-state index is 11.5. The predicted octanol–water partition coefficient (Wildman–Crippen LogP) is 5.29. The number of hydrogen-bond acceptors (Lipinski definition) is 3. The van der Waals surface area contributed by atoms with E-state index in [9.17, 15) is 10.1 Å². The molecule has 0 radical (unpaired) electrons. The molecule has 0 heterocycles. The molecular weight excluding hydrogens is 360 g/mol. The van der Waals surface area contributed by atoms with Crippen LogP contribution in [0.4, 0.5) is 5.69 Å². The minimum Gasteiger partial charge on any atom is -0.346 e. The number of hydrogen-bond donors (Lipinski definition) is 0. The molecule has 1 amide bonds. The normalized spacial score (nSPS) is 10.5. The summed E-state index contributed by atoms with van der Waals surface area (Å²) in [5.41, 5.74) is 5.32. The fraction of sp³-hybridized carbons (Fsp3) is 0.375. The maximum absolute atomic E-state index is 11.5. The molecule has 0 aliphatic heterocycles. The highest BCUT2D eigenvalue weighted by molar-refractivity contribution is 5.87. The number of aliphatic imine (C=N–C) groups is 1. The van der Waals surface area contributed by atoms with E-state index in [0.717, 1.165) is 28.1 Å². The van der Waals surface area contributed by atoms with Gasteiger partial charge in [0.1, 0.15) is 11.9 Å². The van der Waals surface area contributed by atoms with Gasteiger partial charge in [-0.3, -0.25) is 4.79 Å². The van der Waals surface area contributed by atoms with E-state index in [4.69, 9.17) is 4.99 Å². The molecule has 0 saturated heterocycles. The SMILES string of the molecule is CC.CC(=O)N(C)CN(C)C(C)=Nc1cc(C)c(C)c(-c2ccccc2)c1C#N. The van der Waals surface area contributed by atoms with E-state index in [-0.39, 0.29) is 5.91 Å². The second-order valence-electron chi connectivity index (χ2n) is 6.78. The molecule has 0 atom stereocenters. The Labute approximate surface area is 175 Å². The quantitative estimate of drug-likeness (QED) is 0.404. The standard InChI is InChI=1S/C22H26N4O.C2H6/c1-15-12-21(24-17(3)25(5)14-26(6)18(4)27)20(13-23)22(16(15)2)19-10-8-7-9-11-19;1-2/h7-12H,14H2,1-6H3;1-2H3. The summed E-state index contributed by atoms with van der Waals surface area (Å²) in [6.07, 6.45) is 0. The average Bonchev–Trinajstić information content (AvgIpc) is 2.72. The van der Waals surface area contributed by atoms with Gasteiger partial charge in [0, 0.05) is 26.6 Å². The van der Waals surface area contributed by atoms with Crippen molar-refractivity contribution >= 4 is 17.4 Å². The maximum Gasteiger partial charge on any atom is 0.220 e. The zero-order chi connectivity index (χ0) is 22.1. The Hall–Kier alpha value is -3.13. The first-order valence-corrected chi connectivity index (χ1v) is 9.84. The highest BCUT2D eigenvalue weighted by Crippen LogP contribution is 2.35. The molecule has 0 saturated carbocycles. The molecule has 0 aliphatic rings. The average molecular weight is 393 g/mol. The van der Waals surface area contributed by atoms with E-state index >= 15 is 0 Å². The third-order valence-corrected chi connectivity index (χ3v) is 4.80. The number of nitrogens with zero attached hydrogens (tertiary/aromatic N) is 4. The molecule has 0 spiro atoms. The van der Waals surface area contributed by atoms with Gasteiger partial charge in [0.2, 0.25) is 5.91 Å². The van der Waals surface area contributed by atoms with E-state index in [1.165, 1.54) is 6.92 Å². The molecule has 2 rings (SSSR count). The lowest BCUT2D eigenvalue weighted by Crippen LogP contribution is -2.38. The first-order valence-electron chi connectivity index (χ1n) is 9.84. The van der Waals surface area contributed by atoms with Crippen molar-refractivity contribution in [3.05, 3.63) is 53.1 Å².